The number of ketones is 1. The fraction of sp³-hybridized carbons (Fsp3) is 0.400. The lowest BCUT2D eigenvalue weighted by Gasteiger charge is -2.31. The summed E-state index contributed by atoms with van der Waals surface area (Å²) in [5.41, 5.74) is 1.09. The van der Waals surface area contributed by atoms with E-state index >= 15 is 0 Å². The van der Waals surface area contributed by atoms with Gasteiger partial charge in [-0.3, -0.25) is 14.5 Å². The predicted octanol–water partition coefficient (Wildman–Crippen LogP) is 3.80. The fourth-order valence-electron chi connectivity index (χ4n) is 4.79. The number of Topliss-reactive ketones (excluding diaryl/α,β-unsaturated/α-hetero) is 1. The molecule has 2 heterocycles. The monoisotopic (exact) mass is 536 g/mol. The Morgan fingerprint density at radius 1 is 1.00 bits per heavy atom. The van der Waals surface area contributed by atoms with Gasteiger partial charge >= 0.3 is 0 Å². The third kappa shape index (κ3) is 6.43. The van der Waals surface area contributed by atoms with Gasteiger partial charge in [-0.15, -0.1) is 0 Å². The summed E-state index contributed by atoms with van der Waals surface area (Å²) in [5, 5.41) is 11.4. The van der Waals surface area contributed by atoms with Crippen molar-refractivity contribution in [3.8, 4) is 17.2 Å². The summed E-state index contributed by atoms with van der Waals surface area (Å²) in [7, 11) is 0. The van der Waals surface area contributed by atoms with Crippen molar-refractivity contribution in [2.24, 2.45) is 0 Å². The Labute approximate surface area is 229 Å². The Bertz CT molecular complexity index is 1200. The quantitative estimate of drug-likeness (QED) is 0.189. The topological polar surface area (TPSA) is 97.8 Å². The minimum Gasteiger partial charge on any atom is -0.507 e. The number of rotatable bonds is 12. The largest absolute Gasteiger partial charge is 0.507 e. The number of morpholine rings is 1. The highest BCUT2D eigenvalue weighted by Crippen LogP contribution is 2.42. The van der Waals surface area contributed by atoms with E-state index in [-0.39, 0.29) is 11.3 Å². The van der Waals surface area contributed by atoms with E-state index in [2.05, 4.69) is 11.5 Å². The van der Waals surface area contributed by atoms with Crippen molar-refractivity contribution in [1.82, 2.24) is 9.80 Å². The molecule has 0 aromatic heterocycles. The first-order valence-electron chi connectivity index (χ1n) is 13.3. The molecule has 0 bridgehead atoms. The van der Waals surface area contributed by atoms with Crippen LogP contribution in [0.25, 0.3) is 5.76 Å². The second-order valence-corrected chi connectivity index (χ2v) is 9.14. The molecule has 2 aliphatic heterocycles. The van der Waals surface area contributed by atoms with E-state index in [1.807, 2.05) is 13.8 Å². The number of carbonyl (C=O) groups is 2. The van der Waals surface area contributed by atoms with Gasteiger partial charge in [-0.25, -0.2) is 0 Å². The standard InChI is InChI=1S/C30H36N2O7/c1-4-17-39-24-12-9-22(20-25(24)38-6-3)27-26(28(33)21-7-10-23(11-8-21)37-5-2)29(34)30(35)32(27)14-13-31-15-18-36-19-16-31/h4,7-12,20,27,33H,1,5-6,13-19H2,2-3H3/b28-26+. The van der Waals surface area contributed by atoms with Crippen molar-refractivity contribution < 1.29 is 33.6 Å². The third-order valence-corrected chi connectivity index (χ3v) is 6.68. The van der Waals surface area contributed by atoms with E-state index in [0.29, 0.717) is 74.5 Å². The second kappa shape index (κ2) is 13.3. The van der Waals surface area contributed by atoms with Crippen LogP contribution in [0.4, 0.5) is 0 Å². The fourth-order valence-corrected chi connectivity index (χ4v) is 4.79. The molecule has 2 saturated heterocycles. The van der Waals surface area contributed by atoms with E-state index in [4.69, 9.17) is 18.9 Å². The molecule has 1 atom stereocenters. The maximum Gasteiger partial charge on any atom is 0.295 e. The molecule has 4 rings (SSSR count). The van der Waals surface area contributed by atoms with Gasteiger partial charge in [-0.05, 0) is 55.8 Å². The number of aliphatic hydroxyl groups excluding tert-OH is 1. The minimum absolute atomic E-state index is 0.0355. The molecule has 39 heavy (non-hydrogen) atoms. The van der Waals surface area contributed by atoms with Crippen LogP contribution in [0.5, 0.6) is 17.2 Å². The number of hydrogen-bond donors (Lipinski definition) is 1. The number of amides is 1. The Hall–Kier alpha value is -3.82. The number of aliphatic hydroxyl groups is 1. The lowest BCUT2D eigenvalue weighted by atomic mass is 9.95. The van der Waals surface area contributed by atoms with Crippen LogP contribution in [0, 0.1) is 0 Å². The molecule has 1 N–H and O–H groups in total. The molecule has 9 heteroatoms. The van der Waals surface area contributed by atoms with Crippen LogP contribution in [0.1, 0.15) is 31.0 Å². The Morgan fingerprint density at radius 2 is 1.72 bits per heavy atom. The maximum atomic E-state index is 13.4. The number of benzene rings is 2. The first kappa shape index (κ1) is 28.2. The van der Waals surface area contributed by atoms with E-state index in [1.165, 1.54) is 4.90 Å². The molecule has 0 saturated carbocycles. The molecule has 2 fully saturated rings. The first-order chi connectivity index (χ1) is 19.0. The molecule has 1 amide bonds. The number of nitrogens with zero attached hydrogens (tertiary/aromatic N) is 2. The zero-order chi connectivity index (χ0) is 27.8. The Kier molecular flexibility index (Phi) is 9.62. The third-order valence-electron chi connectivity index (χ3n) is 6.68. The lowest BCUT2D eigenvalue weighted by Crippen LogP contribution is -2.42. The summed E-state index contributed by atoms with van der Waals surface area (Å²) in [6.45, 7) is 12.3. The van der Waals surface area contributed by atoms with Crippen molar-refractivity contribution in [2.45, 2.75) is 19.9 Å². The molecular weight excluding hydrogens is 500 g/mol. The van der Waals surface area contributed by atoms with E-state index in [0.717, 1.165) is 13.1 Å². The molecule has 0 aliphatic carbocycles. The normalized spacial score (nSPS) is 19.2. The van der Waals surface area contributed by atoms with E-state index in [1.54, 1.807) is 48.5 Å². The summed E-state index contributed by atoms with van der Waals surface area (Å²) in [6, 6.07) is 11.3. The summed E-state index contributed by atoms with van der Waals surface area (Å²) >= 11 is 0. The highest BCUT2D eigenvalue weighted by Gasteiger charge is 2.46. The van der Waals surface area contributed by atoms with Gasteiger partial charge in [0.2, 0.25) is 0 Å². The highest BCUT2D eigenvalue weighted by molar-refractivity contribution is 6.46. The number of ether oxygens (including phenoxy) is 4. The zero-order valence-corrected chi connectivity index (χ0v) is 22.6. The minimum atomic E-state index is -0.801. The van der Waals surface area contributed by atoms with Gasteiger partial charge in [0.05, 0.1) is 38.0 Å². The molecule has 0 radical (unpaired) electrons. The molecule has 2 aromatic rings. The Balaban J connectivity index is 1.76. The van der Waals surface area contributed by atoms with Crippen LogP contribution >= 0.6 is 0 Å². The maximum absolute atomic E-state index is 13.4. The smallest absolute Gasteiger partial charge is 0.295 e. The number of hydrogen-bond acceptors (Lipinski definition) is 8. The molecule has 208 valence electrons. The van der Waals surface area contributed by atoms with Crippen molar-refractivity contribution >= 4 is 17.4 Å². The predicted molar refractivity (Wildman–Crippen MR) is 147 cm³/mol. The summed E-state index contributed by atoms with van der Waals surface area (Å²) in [5.74, 6) is 0.0474. The molecule has 0 spiro atoms. The lowest BCUT2D eigenvalue weighted by molar-refractivity contribution is -0.140. The van der Waals surface area contributed by atoms with Crippen molar-refractivity contribution in [3.05, 3.63) is 71.8 Å². The summed E-state index contributed by atoms with van der Waals surface area (Å²) in [4.78, 5) is 30.5. The number of carbonyl (C=O) groups excluding carboxylic acids is 2. The van der Waals surface area contributed by atoms with Crippen LogP contribution < -0.4 is 14.2 Å². The number of likely N-dealkylation sites (tertiary alicyclic amines) is 1. The van der Waals surface area contributed by atoms with Crippen LogP contribution in [-0.4, -0.2) is 85.8 Å². The van der Waals surface area contributed by atoms with Gasteiger partial charge in [-0.2, -0.15) is 0 Å². The van der Waals surface area contributed by atoms with Gasteiger partial charge in [0.15, 0.2) is 11.5 Å². The molecule has 1 unspecified atom stereocenters. The second-order valence-electron chi connectivity index (χ2n) is 9.14. The average Bonchev–Trinajstić information content (AvgIpc) is 3.21. The molecule has 9 nitrogen and oxygen atoms in total. The van der Waals surface area contributed by atoms with Crippen LogP contribution in [0.15, 0.2) is 60.7 Å². The van der Waals surface area contributed by atoms with Crippen molar-refractivity contribution in [3.63, 3.8) is 0 Å². The SMILES string of the molecule is C=CCOc1ccc(C2/C(=C(\O)c3ccc(OCC)cc3)C(=O)C(=O)N2CCN2CCOCC2)cc1OCC. The van der Waals surface area contributed by atoms with Gasteiger partial charge in [0.1, 0.15) is 18.1 Å². The molecular formula is C30H36N2O7. The van der Waals surface area contributed by atoms with Crippen molar-refractivity contribution in [1.29, 1.82) is 0 Å². The summed E-state index contributed by atoms with van der Waals surface area (Å²) < 4.78 is 22.5. The Morgan fingerprint density at radius 3 is 2.38 bits per heavy atom. The summed E-state index contributed by atoms with van der Waals surface area (Å²) in [6.07, 6.45) is 1.64. The zero-order valence-electron chi connectivity index (χ0n) is 22.6. The average molecular weight is 537 g/mol. The van der Waals surface area contributed by atoms with Gasteiger partial charge in [-0.1, -0.05) is 18.7 Å². The van der Waals surface area contributed by atoms with Gasteiger partial charge in [0, 0.05) is 31.7 Å². The molecule has 2 aromatic carbocycles. The van der Waals surface area contributed by atoms with Crippen molar-refractivity contribution in [2.75, 3.05) is 59.2 Å². The first-order valence-corrected chi connectivity index (χ1v) is 13.3. The van der Waals surface area contributed by atoms with Crippen LogP contribution in [0.3, 0.4) is 0 Å². The van der Waals surface area contributed by atoms with Crippen LogP contribution in [-0.2, 0) is 14.3 Å². The van der Waals surface area contributed by atoms with Crippen LogP contribution in [0.2, 0.25) is 0 Å². The molecule has 2 aliphatic rings. The van der Waals surface area contributed by atoms with Gasteiger partial charge < -0.3 is 29.0 Å². The van der Waals surface area contributed by atoms with E-state index in [9.17, 15) is 14.7 Å². The van der Waals surface area contributed by atoms with Gasteiger partial charge in [0.25, 0.3) is 11.7 Å². The van der Waals surface area contributed by atoms with E-state index < -0.39 is 17.7 Å². The highest BCUT2D eigenvalue weighted by atomic mass is 16.5.